The van der Waals surface area contributed by atoms with E-state index < -0.39 is 6.09 Å². The quantitative estimate of drug-likeness (QED) is 0.465. The van der Waals surface area contributed by atoms with Crippen LogP contribution in [-0.2, 0) is 6.42 Å². The number of aromatic nitrogens is 2. The molecule has 4 rings (SSSR count). The van der Waals surface area contributed by atoms with Crippen molar-refractivity contribution in [2.45, 2.75) is 46.0 Å². The molecule has 8 nitrogen and oxygen atoms in total. The third-order valence-corrected chi connectivity index (χ3v) is 6.19. The fourth-order valence-electron chi connectivity index (χ4n) is 4.56. The highest BCUT2D eigenvalue weighted by Crippen LogP contribution is 2.34. The molecule has 8 heteroatoms. The Kier molecular flexibility index (Phi) is 7.35. The van der Waals surface area contributed by atoms with Crippen molar-refractivity contribution in [2.24, 2.45) is 5.92 Å². The van der Waals surface area contributed by atoms with E-state index in [1.807, 2.05) is 19.1 Å². The van der Waals surface area contributed by atoms with Gasteiger partial charge in [-0.05, 0) is 60.6 Å². The number of carbonyl (C=O) groups is 1. The summed E-state index contributed by atoms with van der Waals surface area (Å²) < 4.78 is 11.2. The first kappa shape index (κ1) is 24.3. The molecule has 2 heterocycles. The van der Waals surface area contributed by atoms with Gasteiger partial charge in [0, 0.05) is 30.1 Å². The monoisotopic (exact) mass is 474 g/mol. The van der Waals surface area contributed by atoms with E-state index in [-0.39, 0.29) is 5.92 Å². The van der Waals surface area contributed by atoms with Gasteiger partial charge in [-0.15, -0.1) is 0 Å². The maximum absolute atomic E-state index is 11.7. The van der Waals surface area contributed by atoms with Gasteiger partial charge in [-0.3, -0.25) is 0 Å². The molecular weight excluding hydrogens is 444 g/mol. The third kappa shape index (κ3) is 5.46. The fourth-order valence-corrected chi connectivity index (χ4v) is 4.56. The maximum Gasteiger partial charge on any atom is 0.407 e. The molecule has 0 bridgehead atoms. The minimum Gasteiger partial charge on any atom is -0.492 e. The van der Waals surface area contributed by atoms with Crippen molar-refractivity contribution in [1.29, 1.82) is 5.26 Å². The van der Waals surface area contributed by atoms with Crippen LogP contribution in [0.5, 0.6) is 5.75 Å². The van der Waals surface area contributed by atoms with Crippen LogP contribution < -0.4 is 4.74 Å². The Morgan fingerprint density at radius 3 is 2.80 bits per heavy atom. The zero-order valence-electron chi connectivity index (χ0n) is 20.3. The lowest BCUT2D eigenvalue weighted by atomic mass is 9.86. The number of nitriles is 1. The highest BCUT2D eigenvalue weighted by atomic mass is 16.5. The minimum atomic E-state index is -0.877. The van der Waals surface area contributed by atoms with Gasteiger partial charge in [-0.1, -0.05) is 38.1 Å². The summed E-state index contributed by atoms with van der Waals surface area (Å²) in [6.07, 6.45) is 1.53. The Morgan fingerprint density at radius 1 is 1.29 bits per heavy atom. The van der Waals surface area contributed by atoms with Crippen molar-refractivity contribution in [1.82, 2.24) is 15.0 Å². The summed E-state index contributed by atoms with van der Waals surface area (Å²) in [7, 11) is 0. The van der Waals surface area contributed by atoms with E-state index in [0.29, 0.717) is 60.6 Å². The molecule has 0 spiro atoms. The Hall–Kier alpha value is -3.86. The average Bonchev–Trinajstić information content (AvgIpc) is 3.27. The molecule has 0 saturated carbocycles. The van der Waals surface area contributed by atoms with E-state index in [1.54, 1.807) is 18.2 Å². The zero-order chi connectivity index (χ0) is 24.9. The van der Waals surface area contributed by atoms with Crippen molar-refractivity contribution in [2.75, 3.05) is 19.7 Å². The summed E-state index contributed by atoms with van der Waals surface area (Å²) in [4.78, 5) is 17.8. The SMILES string of the molecule is CCCOc1ccc(-c2nc(-c3ccc4c(c3)CCN(C(=O)O)CC4CC(C)C)no2)cc1C#N. The molecule has 1 aromatic heterocycles. The standard InChI is InChI=1S/C27H30N4O4/c1-4-11-34-24-8-6-20(14-21(24)15-28)26-29-25(30-35-26)19-5-7-23-18(13-19)9-10-31(27(32)33)16-22(23)12-17(2)3/h5-8,13-14,17,22H,4,9-12,16H2,1-3H3,(H,32,33). The van der Waals surface area contributed by atoms with Gasteiger partial charge in [-0.25, -0.2) is 4.79 Å². The maximum atomic E-state index is 11.7. The molecule has 0 radical (unpaired) electrons. The predicted octanol–water partition coefficient (Wildman–Crippen LogP) is 5.73. The largest absolute Gasteiger partial charge is 0.492 e. The molecule has 182 valence electrons. The van der Waals surface area contributed by atoms with Gasteiger partial charge < -0.3 is 19.3 Å². The first-order valence-corrected chi connectivity index (χ1v) is 12.0. The number of fused-ring (bicyclic) bond motifs is 1. The molecule has 2 aromatic carbocycles. The highest BCUT2D eigenvalue weighted by molar-refractivity contribution is 5.66. The Labute approximate surface area is 205 Å². The van der Waals surface area contributed by atoms with Crippen LogP contribution in [0.25, 0.3) is 22.8 Å². The van der Waals surface area contributed by atoms with Crippen LogP contribution in [0.3, 0.4) is 0 Å². The second-order valence-corrected chi connectivity index (χ2v) is 9.31. The molecule has 0 fully saturated rings. The van der Waals surface area contributed by atoms with E-state index in [9.17, 15) is 15.2 Å². The second kappa shape index (κ2) is 10.6. The van der Waals surface area contributed by atoms with E-state index >= 15 is 0 Å². The van der Waals surface area contributed by atoms with Crippen LogP contribution in [0.15, 0.2) is 40.9 Å². The Balaban J connectivity index is 1.62. The zero-order valence-corrected chi connectivity index (χ0v) is 20.3. The first-order valence-electron chi connectivity index (χ1n) is 12.0. The molecule has 1 amide bonds. The number of rotatable bonds is 7. The molecule has 1 aliphatic rings. The normalized spacial score (nSPS) is 15.4. The van der Waals surface area contributed by atoms with Gasteiger partial charge in [-0.2, -0.15) is 10.2 Å². The van der Waals surface area contributed by atoms with Crippen LogP contribution in [0.4, 0.5) is 4.79 Å². The fraction of sp³-hybridized carbons (Fsp3) is 0.407. The lowest BCUT2D eigenvalue weighted by Gasteiger charge is -2.24. The molecule has 1 unspecified atom stereocenters. The van der Waals surface area contributed by atoms with E-state index in [0.717, 1.165) is 24.0 Å². The first-order chi connectivity index (χ1) is 16.9. The van der Waals surface area contributed by atoms with Crippen LogP contribution in [0, 0.1) is 17.2 Å². The van der Waals surface area contributed by atoms with Gasteiger partial charge >= 0.3 is 6.09 Å². The van der Waals surface area contributed by atoms with Crippen molar-refractivity contribution >= 4 is 6.09 Å². The van der Waals surface area contributed by atoms with Crippen LogP contribution in [-0.4, -0.2) is 45.9 Å². The number of amides is 1. The molecule has 0 saturated heterocycles. The number of nitrogens with zero attached hydrogens (tertiary/aromatic N) is 4. The summed E-state index contributed by atoms with van der Waals surface area (Å²) >= 11 is 0. The predicted molar refractivity (Wildman–Crippen MR) is 131 cm³/mol. The molecule has 0 aliphatic carbocycles. The third-order valence-electron chi connectivity index (χ3n) is 6.19. The smallest absolute Gasteiger partial charge is 0.407 e. The lowest BCUT2D eigenvalue weighted by Crippen LogP contribution is -2.33. The summed E-state index contributed by atoms with van der Waals surface area (Å²) in [6.45, 7) is 7.83. The van der Waals surface area contributed by atoms with Gasteiger partial charge in [0.05, 0.1) is 12.2 Å². The summed E-state index contributed by atoms with van der Waals surface area (Å²) in [5.41, 5.74) is 4.19. The molecule has 1 atom stereocenters. The van der Waals surface area contributed by atoms with Gasteiger partial charge in [0.15, 0.2) is 0 Å². The van der Waals surface area contributed by atoms with Crippen LogP contribution in [0.2, 0.25) is 0 Å². The van der Waals surface area contributed by atoms with E-state index in [4.69, 9.17) is 9.26 Å². The van der Waals surface area contributed by atoms with Gasteiger partial charge in [0.1, 0.15) is 11.8 Å². The van der Waals surface area contributed by atoms with Crippen molar-refractivity contribution < 1.29 is 19.2 Å². The number of benzene rings is 2. The summed E-state index contributed by atoms with van der Waals surface area (Å²) in [6, 6.07) is 13.5. The minimum absolute atomic E-state index is 0.149. The Bertz CT molecular complexity index is 1240. The van der Waals surface area contributed by atoms with Crippen LogP contribution in [0.1, 0.15) is 56.2 Å². The molecule has 35 heavy (non-hydrogen) atoms. The molecular formula is C27H30N4O4. The summed E-state index contributed by atoms with van der Waals surface area (Å²) in [5, 5.41) is 23.3. The van der Waals surface area contributed by atoms with E-state index in [1.165, 1.54) is 10.5 Å². The average molecular weight is 475 g/mol. The van der Waals surface area contributed by atoms with Gasteiger partial charge in [0.25, 0.3) is 5.89 Å². The molecule has 1 aliphatic heterocycles. The number of carboxylic acid groups (broad SMARTS) is 1. The van der Waals surface area contributed by atoms with Crippen molar-refractivity contribution in [3.8, 4) is 34.7 Å². The highest BCUT2D eigenvalue weighted by Gasteiger charge is 2.27. The van der Waals surface area contributed by atoms with Crippen molar-refractivity contribution in [3.63, 3.8) is 0 Å². The second-order valence-electron chi connectivity index (χ2n) is 9.31. The Morgan fingerprint density at radius 2 is 2.09 bits per heavy atom. The number of hydrogen-bond donors (Lipinski definition) is 1. The van der Waals surface area contributed by atoms with E-state index in [2.05, 4.69) is 36.1 Å². The topological polar surface area (TPSA) is 112 Å². The lowest BCUT2D eigenvalue weighted by molar-refractivity contribution is 0.142. The van der Waals surface area contributed by atoms with Crippen molar-refractivity contribution in [3.05, 3.63) is 53.1 Å². The number of hydrogen-bond acceptors (Lipinski definition) is 6. The number of ether oxygens (including phenoxy) is 1. The van der Waals surface area contributed by atoms with Crippen LogP contribution >= 0.6 is 0 Å². The molecule has 1 N–H and O–H groups in total. The van der Waals surface area contributed by atoms with Gasteiger partial charge in [0.2, 0.25) is 5.82 Å². The molecule has 3 aromatic rings. The summed E-state index contributed by atoms with van der Waals surface area (Å²) in [5.74, 6) is 1.92.